The number of amides is 1. The zero-order valence-electron chi connectivity index (χ0n) is 15.5. The van der Waals surface area contributed by atoms with E-state index in [2.05, 4.69) is 25.1 Å². The summed E-state index contributed by atoms with van der Waals surface area (Å²) < 4.78 is 5.57. The SMILES string of the molecule is C#CCC(CC)NC(C)CC1CCCCN1C(=O)OC(C)(C)C. The quantitative estimate of drug-likeness (QED) is 0.753. The van der Waals surface area contributed by atoms with Crippen LogP contribution >= 0.6 is 0 Å². The van der Waals surface area contributed by atoms with E-state index in [0.29, 0.717) is 12.1 Å². The van der Waals surface area contributed by atoms with Crippen molar-refractivity contribution in [1.29, 1.82) is 0 Å². The summed E-state index contributed by atoms with van der Waals surface area (Å²) in [6, 6.07) is 0.944. The molecular formula is C19H34N2O2. The molecule has 3 unspecified atom stereocenters. The zero-order valence-corrected chi connectivity index (χ0v) is 15.5. The maximum absolute atomic E-state index is 12.4. The monoisotopic (exact) mass is 322 g/mol. The molecule has 1 fully saturated rings. The average Bonchev–Trinajstić information content (AvgIpc) is 2.45. The Labute approximate surface area is 142 Å². The first-order valence-electron chi connectivity index (χ1n) is 8.96. The smallest absolute Gasteiger partial charge is 0.410 e. The van der Waals surface area contributed by atoms with Crippen LogP contribution in [0.5, 0.6) is 0 Å². The molecule has 23 heavy (non-hydrogen) atoms. The van der Waals surface area contributed by atoms with Gasteiger partial charge in [-0.2, -0.15) is 0 Å². The molecule has 1 aliphatic heterocycles. The third-order valence-electron chi connectivity index (χ3n) is 4.26. The average molecular weight is 322 g/mol. The minimum Gasteiger partial charge on any atom is -0.444 e. The number of rotatable bonds is 6. The van der Waals surface area contributed by atoms with Gasteiger partial charge in [0.15, 0.2) is 0 Å². The van der Waals surface area contributed by atoms with Crippen molar-refractivity contribution in [2.45, 2.75) is 96.9 Å². The van der Waals surface area contributed by atoms with Crippen molar-refractivity contribution in [2.24, 2.45) is 0 Å². The van der Waals surface area contributed by atoms with Gasteiger partial charge in [-0.25, -0.2) is 4.79 Å². The molecule has 1 amide bonds. The Morgan fingerprint density at radius 3 is 2.70 bits per heavy atom. The molecule has 1 N–H and O–H groups in total. The maximum Gasteiger partial charge on any atom is 0.410 e. The van der Waals surface area contributed by atoms with E-state index in [-0.39, 0.29) is 12.1 Å². The van der Waals surface area contributed by atoms with Crippen molar-refractivity contribution < 1.29 is 9.53 Å². The predicted molar refractivity (Wildman–Crippen MR) is 95.3 cm³/mol. The van der Waals surface area contributed by atoms with Crippen LogP contribution in [0, 0.1) is 12.3 Å². The van der Waals surface area contributed by atoms with Gasteiger partial charge in [0.2, 0.25) is 0 Å². The second-order valence-corrected chi connectivity index (χ2v) is 7.64. The Bertz CT molecular complexity index is 409. The van der Waals surface area contributed by atoms with Gasteiger partial charge in [0.1, 0.15) is 5.60 Å². The Kier molecular flexibility index (Phi) is 7.91. The van der Waals surface area contributed by atoms with E-state index < -0.39 is 5.60 Å². The highest BCUT2D eigenvalue weighted by molar-refractivity contribution is 5.68. The Morgan fingerprint density at radius 2 is 2.13 bits per heavy atom. The molecule has 4 heteroatoms. The molecule has 3 atom stereocenters. The highest BCUT2D eigenvalue weighted by Gasteiger charge is 2.31. The number of carbonyl (C=O) groups is 1. The van der Waals surface area contributed by atoms with Crippen LogP contribution in [0.25, 0.3) is 0 Å². The lowest BCUT2D eigenvalue weighted by molar-refractivity contribution is 0.00778. The largest absolute Gasteiger partial charge is 0.444 e. The fourth-order valence-electron chi connectivity index (χ4n) is 3.15. The van der Waals surface area contributed by atoms with E-state index in [1.165, 1.54) is 6.42 Å². The predicted octanol–water partition coefficient (Wildman–Crippen LogP) is 3.95. The van der Waals surface area contributed by atoms with Crippen LogP contribution in [0.2, 0.25) is 0 Å². The van der Waals surface area contributed by atoms with E-state index in [9.17, 15) is 4.79 Å². The molecule has 0 saturated carbocycles. The molecule has 4 nitrogen and oxygen atoms in total. The van der Waals surface area contributed by atoms with Gasteiger partial charge in [0, 0.05) is 31.1 Å². The summed E-state index contributed by atoms with van der Waals surface area (Å²) >= 11 is 0. The molecule has 1 rings (SSSR count). The highest BCUT2D eigenvalue weighted by Crippen LogP contribution is 2.23. The second-order valence-electron chi connectivity index (χ2n) is 7.64. The van der Waals surface area contributed by atoms with Gasteiger partial charge in [0.05, 0.1) is 0 Å². The minimum absolute atomic E-state index is 0.176. The van der Waals surface area contributed by atoms with Crippen LogP contribution in [0.4, 0.5) is 4.79 Å². The number of hydrogen-bond donors (Lipinski definition) is 1. The molecule has 0 aromatic carbocycles. The topological polar surface area (TPSA) is 41.6 Å². The fraction of sp³-hybridized carbons (Fsp3) is 0.842. The van der Waals surface area contributed by atoms with E-state index in [1.54, 1.807) is 0 Å². The number of carbonyl (C=O) groups excluding carboxylic acids is 1. The van der Waals surface area contributed by atoms with Crippen LogP contribution < -0.4 is 5.32 Å². The third-order valence-corrected chi connectivity index (χ3v) is 4.26. The van der Waals surface area contributed by atoms with E-state index in [1.807, 2.05) is 25.7 Å². The first-order valence-corrected chi connectivity index (χ1v) is 8.96. The van der Waals surface area contributed by atoms with Gasteiger partial charge in [0.25, 0.3) is 0 Å². The number of ether oxygens (including phenoxy) is 1. The van der Waals surface area contributed by atoms with Gasteiger partial charge in [-0.3, -0.25) is 0 Å². The number of hydrogen-bond acceptors (Lipinski definition) is 3. The lowest BCUT2D eigenvalue weighted by atomic mass is 9.96. The van der Waals surface area contributed by atoms with E-state index in [4.69, 9.17) is 11.2 Å². The van der Waals surface area contributed by atoms with Gasteiger partial charge in [-0.05, 0) is 59.8 Å². The first-order chi connectivity index (χ1) is 10.8. The van der Waals surface area contributed by atoms with Crippen molar-refractivity contribution >= 4 is 6.09 Å². The Hall–Kier alpha value is -1.21. The van der Waals surface area contributed by atoms with Crippen LogP contribution in [-0.2, 0) is 4.74 Å². The van der Waals surface area contributed by atoms with Crippen LogP contribution in [0.1, 0.15) is 73.1 Å². The lowest BCUT2D eigenvalue weighted by Gasteiger charge is -2.38. The first kappa shape index (κ1) is 19.8. The van der Waals surface area contributed by atoms with Crippen molar-refractivity contribution in [2.75, 3.05) is 6.54 Å². The molecule has 0 aromatic heterocycles. The van der Waals surface area contributed by atoms with Crippen molar-refractivity contribution in [3.63, 3.8) is 0 Å². The number of nitrogens with one attached hydrogen (secondary N) is 1. The standard InChI is InChI=1S/C19H34N2O2/c1-7-11-16(8-2)20-15(3)14-17-12-9-10-13-21(17)18(22)23-19(4,5)6/h1,15-17,20H,8-14H2,2-6H3. The normalized spacial score (nSPS) is 21.4. The zero-order chi connectivity index (χ0) is 17.5. The van der Waals surface area contributed by atoms with Crippen molar-refractivity contribution in [3.05, 3.63) is 0 Å². The summed E-state index contributed by atoms with van der Waals surface area (Å²) in [5.74, 6) is 2.73. The van der Waals surface area contributed by atoms with Gasteiger partial charge >= 0.3 is 6.09 Å². The van der Waals surface area contributed by atoms with Crippen LogP contribution in [-0.4, -0.2) is 41.3 Å². The Morgan fingerprint density at radius 1 is 1.43 bits per heavy atom. The van der Waals surface area contributed by atoms with Gasteiger partial charge in [-0.15, -0.1) is 12.3 Å². The maximum atomic E-state index is 12.4. The lowest BCUT2D eigenvalue weighted by Crippen LogP contribution is -2.49. The molecular weight excluding hydrogens is 288 g/mol. The minimum atomic E-state index is -0.441. The summed E-state index contributed by atoms with van der Waals surface area (Å²) in [6.45, 7) is 10.9. The van der Waals surface area contributed by atoms with Crippen molar-refractivity contribution in [1.82, 2.24) is 10.2 Å². The molecule has 0 bridgehead atoms. The summed E-state index contributed by atoms with van der Waals surface area (Å²) in [4.78, 5) is 14.4. The van der Waals surface area contributed by atoms with E-state index >= 15 is 0 Å². The number of piperidine rings is 1. The van der Waals surface area contributed by atoms with Gasteiger partial charge < -0.3 is 15.0 Å². The molecule has 0 aromatic rings. The summed E-state index contributed by atoms with van der Waals surface area (Å²) in [5, 5.41) is 3.60. The molecule has 0 spiro atoms. The summed E-state index contributed by atoms with van der Waals surface area (Å²) in [7, 11) is 0. The Balaban J connectivity index is 2.60. The van der Waals surface area contributed by atoms with Crippen molar-refractivity contribution in [3.8, 4) is 12.3 Å². The second kappa shape index (κ2) is 9.17. The molecule has 0 radical (unpaired) electrons. The summed E-state index contributed by atoms with van der Waals surface area (Å²) in [5.41, 5.74) is -0.441. The molecule has 132 valence electrons. The van der Waals surface area contributed by atoms with E-state index in [0.717, 1.165) is 38.6 Å². The molecule has 1 aliphatic rings. The number of nitrogens with zero attached hydrogens (tertiary/aromatic N) is 1. The number of likely N-dealkylation sites (tertiary alicyclic amines) is 1. The summed E-state index contributed by atoms with van der Waals surface area (Å²) in [6.07, 6.45) is 11.3. The van der Waals surface area contributed by atoms with Gasteiger partial charge in [-0.1, -0.05) is 6.92 Å². The van der Waals surface area contributed by atoms with Crippen LogP contribution in [0.15, 0.2) is 0 Å². The highest BCUT2D eigenvalue weighted by atomic mass is 16.6. The fourth-order valence-corrected chi connectivity index (χ4v) is 3.15. The molecule has 1 saturated heterocycles. The third kappa shape index (κ3) is 7.26. The van der Waals surface area contributed by atoms with Crippen LogP contribution in [0.3, 0.4) is 0 Å². The number of terminal acetylenes is 1. The molecule has 1 heterocycles. The molecule has 0 aliphatic carbocycles.